The number of nitrogens with zero attached hydrogens (tertiary/aromatic N) is 2. The number of aryl methyl sites for hydroxylation is 1. The van der Waals surface area contributed by atoms with E-state index in [1.54, 1.807) is 0 Å². The minimum Gasteiger partial charge on any atom is -0.385 e. The van der Waals surface area contributed by atoms with E-state index >= 15 is 0 Å². The van der Waals surface area contributed by atoms with Crippen molar-refractivity contribution in [3.63, 3.8) is 0 Å². The second-order valence-electron chi connectivity index (χ2n) is 4.50. The summed E-state index contributed by atoms with van der Waals surface area (Å²) in [5.41, 5.74) is 0. The SMILES string of the molecule is CCC(O)c1noc(CCC2CCCCO2)n1. The lowest BCUT2D eigenvalue weighted by Gasteiger charge is -2.21. The molecular formula is C12H20N2O3. The normalized spacial score (nSPS) is 22.6. The van der Waals surface area contributed by atoms with Gasteiger partial charge in [-0.3, -0.25) is 0 Å². The summed E-state index contributed by atoms with van der Waals surface area (Å²) in [7, 11) is 0. The van der Waals surface area contributed by atoms with Crippen LogP contribution < -0.4 is 0 Å². The maximum Gasteiger partial charge on any atom is 0.226 e. The highest BCUT2D eigenvalue weighted by Crippen LogP contribution is 2.18. The number of aromatic nitrogens is 2. The Hall–Kier alpha value is -0.940. The molecule has 0 aliphatic carbocycles. The molecule has 1 aliphatic heterocycles. The maximum atomic E-state index is 9.55. The first-order valence-electron chi connectivity index (χ1n) is 6.41. The van der Waals surface area contributed by atoms with Crippen LogP contribution in [0.1, 0.15) is 56.8 Å². The topological polar surface area (TPSA) is 68.4 Å². The van der Waals surface area contributed by atoms with Crippen LogP contribution >= 0.6 is 0 Å². The lowest BCUT2D eigenvalue weighted by Crippen LogP contribution is -2.19. The fraction of sp³-hybridized carbons (Fsp3) is 0.833. The Morgan fingerprint density at radius 3 is 3.06 bits per heavy atom. The first-order chi connectivity index (χ1) is 8.29. The van der Waals surface area contributed by atoms with Crippen LogP contribution in [0.5, 0.6) is 0 Å². The van der Waals surface area contributed by atoms with Gasteiger partial charge in [-0.15, -0.1) is 0 Å². The van der Waals surface area contributed by atoms with Gasteiger partial charge in [0, 0.05) is 13.0 Å². The smallest absolute Gasteiger partial charge is 0.226 e. The van der Waals surface area contributed by atoms with E-state index in [9.17, 15) is 5.11 Å². The number of rotatable bonds is 5. The molecule has 2 rings (SSSR count). The third-order valence-electron chi connectivity index (χ3n) is 3.12. The molecule has 0 saturated carbocycles. The van der Waals surface area contributed by atoms with Gasteiger partial charge in [0.05, 0.1) is 6.10 Å². The summed E-state index contributed by atoms with van der Waals surface area (Å²) in [4.78, 5) is 4.18. The molecule has 0 amide bonds. The molecule has 0 aromatic carbocycles. The highest BCUT2D eigenvalue weighted by Gasteiger charge is 2.17. The Bertz CT molecular complexity index is 334. The van der Waals surface area contributed by atoms with Gasteiger partial charge in [-0.05, 0) is 32.1 Å². The summed E-state index contributed by atoms with van der Waals surface area (Å²) in [6.07, 6.45) is 5.51. The van der Waals surface area contributed by atoms with Gasteiger partial charge in [-0.1, -0.05) is 12.1 Å². The molecule has 1 aliphatic rings. The van der Waals surface area contributed by atoms with E-state index in [-0.39, 0.29) is 0 Å². The summed E-state index contributed by atoms with van der Waals surface area (Å²) in [5.74, 6) is 0.994. The van der Waals surface area contributed by atoms with Crippen LogP contribution in [0.2, 0.25) is 0 Å². The van der Waals surface area contributed by atoms with Crippen molar-refractivity contribution >= 4 is 0 Å². The number of aliphatic hydroxyl groups is 1. The van der Waals surface area contributed by atoms with Gasteiger partial charge >= 0.3 is 0 Å². The molecule has 1 aromatic rings. The van der Waals surface area contributed by atoms with Crippen molar-refractivity contribution in [1.82, 2.24) is 10.1 Å². The molecule has 1 aromatic heterocycles. The van der Waals surface area contributed by atoms with Crippen molar-refractivity contribution in [3.8, 4) is 0 Å². The zero-order valence-corrected chi connectivity index (χ0v) is 10.3. The Kier molecular flexibility index (Phi) is 4.50. The number of hydrogen-bond donors (Lipinski definition) is 1. The molecule has 1 saturated heterocycles. The van der Waals surface area contributed by atoms with E-state index in [0.29, 0.717) is 24.2 Å². The maximum absolute atomic E-state index is 9.55. The Labute approximate surface area is 101 Å². The Morgan fingerprint density at radius 2 is 2.35 bits per heavy atom. The predicted octanol–water partition coefficient (Wildman–Crippen LogP) is 2.01. The quantitative estimate of drug-likeness (QED) is 0.852. The van der Waals surface area contributed by atoms with E-state index in [2.05, 4.69) is 10.1 Å². The molecule has 96 valence electrons. The number of ether oxygens (including phenoxy) is 1. The molecule has 0 bridgehead atoms. The van der Waals surface area contributed by atoms with Gasteiger partial charge in [0.25, 0.3) is 0 Å². The molecule has 1 N–H and O–H groups in total. The zero-order chi connectivity index (χ0) is 12.1. The van der Waals surface area contributed by atoms with Crippen molar-refractivity contribution in [2.75, 3.05) is 6.61 Å². The van der Waals surface area contributed by atoms with E-state index < -0.39 is 6.10 Å². The first kappa shape index (κ1) is 12.5. The van der Waals surface area contributed by atoms with Gasteiger partial charge < -0.3 is 14.4 Å². The van der Waals surface area contributed by atoms with Gasteiger partial charge in [0.15, 0.2) is 5.82 Å². The minimum absolute atomic E-state index is 0.329. The Balaban J connectivity index is 1.80. The molecule has 2 unspecified atom stereocenters. The summed E-state index contributed by atoms with van der Waals surface area (Å²) >= 11 is 0. The molecule has 2 heterocycles. The highest BCUT2D eigenvalue weighted by molar-refractivity contribution is 4.90. The monoisotopic (exact) mass is 240 g/mol. The molecule has 1 fully saturated rings. The van der Waals surface area contributed by atoms with Crippen LogP contribution in [0.15, 0.2) is 4.52 Å². The lowest BCUT2D eigenvalue weighted by molar-refractivity contribution is 0.0104. The van der Waals surface area contributed by atoms with Crippen LogP contribution in [0.3, 0.4) is 0 Å². The first-order valence-corrected chi connectivity index (χ1v) is 6.41. The highest BCUT2D eigenvalue weighted by atomic mass is 16.5. The molecule has 0 spiro atoms. The summed E-state index contributed by atoms with van der Waals surface area (Å²) in [5, 5.41) is 13.3. The van der Waals surface area contributed by atoms with E-state index in [1.165, 1.54) is 12.8 Å². The van der Waals surface area contributed by atoms with Gasteiger partial charge in [0.1, 0.15) is 6.10 Å². The van der Waals surface area contributed by atoms with E-state index in [0.717, 1.165) is 25.9 Å². The molecule has 5 nitrogen and oxygen atoms in total. The minimum atomic E-state index is -0.613. The van der Waals surface area contributed by atoms with Gasteiger partial charge in [-0.25, -0.2) is 0 Å². The van der Waals surface area contributed by atoms with Crippen molar-refractivity contribution < 1.29 is 14.4 Å². The Morgan fingerprint density at radius 1 is 1.47 bits per heavy atom. The average molecular weight is 240 g/mol. The van der Waals surface area contributed by atoms with E-state index in [4.69, 9.17) is 9.26 Å². The number of hydrogen-bond acceptors (Lipinski definition) is 5. The van der Waals surface area contributed by atoms with Crippen molar-refractivity contribution in [2.24, 2.45) is 0 Å². The fourth-order valence-electron chi connectivity index (χ4n) is 2.01. The van der Waals surface area contributed by atoms with Crippen LogP contribution in [0, 0.1) is 0 Å². The number of aliphatic hydroxyl groups excluding tert-OH is 1. The fourth-order valence-corrected chi connectivity index (χ4v) is 2.01. The zero-order valence-electron chi connectivity index (χ0n) is 10.3. The molecule has 17 heavy (non-hydrogen) atoms. The molecule has 2 atom stereocenters. The second-order valence-corrected chi connectivity index (χ2v) is 4.50. The van der Waals surface area contributed by atoms with Crippen molar-refractivity contribution in [2.45, 2.75) is 57.7 Å². The van der Waals surface area contributed by atoms with Crippen LogP contribution in [0.4, 0.5) is 0 Å². The van der Waals surface area contributed by atoms with Crippen LogP contribution in [0.25, 0.3) is 0 Å². The second kappa shape index (κ2) is 6.12. The van der Waals surface area contributed by atoms with Gasteiger partial charge in [-0.2, -0.15) is 4.98 Å². The average Bonchev–Trinajstić information content (AvgIpc) is 2.85. The van der Waals surface area contributed by atoms with Crippen LogP contribution in [-0.2, 0) is 11.2 Å². The molecule has 5 heteroatoms. The predicted molar refractivity (Wildman–Crippen MR) is 61.5 cm³/mol. The third kappa shape index (κ3) is 3.51. The lowest BCUT2D eigenvalue weighted by atomic mass is 10.0. The summed E-state index contributed by atoms with van der Waals surface area (Å²) in [6.45, 7) is 2.75. The molecular weight excluding hydrogens is 220 g/mol. The largest absolute Gasteiger partial charge is 0.385 e. The third-order valence-corrected chi connectivity index (χ3v) is 3.12. The molecule has 0 radical (unpaired) electrons. The van der Waals surface area contributed by atoms with Crippen LogP contribution in [-0.4, -0.2) is 28.0 Å². The van der Waals surface area contributed by atoms with E-state index in [1.807, 2.05) is 6.92 Å². The van der Waals surface area contributed by atoms with Crippen molar-refractivity contribution in [1.29, 1.82) is 0 Å². The summed E-state index contributed by atoms with van der Waals surface area (Å²) < 4.78 is 10.7. The standard InChI is InChI=1S/C12H20N2O3/c1-2-10(15)12-13-11(17-14-12)7-6-9-5-3-4-8-16-9/h9-10,15H,2-8H2,1H3. The van der Waals surface area contributed by atoms with Gasteiger partial charge in [0.2, 0.25) is 5.89 Å². The van der Waals surface area contributed by atoms with Crippen molar-refractivity contribution in [3.05, 3.63) is 11.7 Å². The summed E-state index contributed by atoms with van der Waals surface area (Å²) in [6, 6.07) is 0.